The number of halogens is 1. The van der Waals surface area contributed by atoms with Crippen molar-refractivity contribution in [1.29, 1.82) is 0 Å². The van der Waals surface area contributed by atoms with E-state index in [0.29, 0.717) is 10.0 Å². The van der Waals surface area contributed by atoms with E-state index in [1.807, 2.05) is 6.07 Å². The Morgan fingerprint density at radius 1 is 1.47 bits per heavy atom. The molecule has 0 aliphatic carbocycles. The normalized spacial score (nSPS) is 10.5. The maximum Gasteiger partial charge on any atom is 0.336 e. The van der Waals surface area contributed by atoms with E-state index in [1.165, 1.54) is 0 Å². The molecule has 0 fully saturated rings. The van der Waals surface area contributed by atoms with Crippen molar-refractivity contribution in [3.8, 4) is 0 Å². The molecule has 1 aromatic carbocycles. The van der Waals surface area contributed by atoms with Gasteiger partial charge in [-0.1, -0.05) is 0 Å². The number of unbranched alkanes of at least 4 members (excludes halogenated alkanes) is 1. The topological polar surface area (TPSA) is 46.5 Å². The highest BCUT2D eigenvalue weighted by atomic mass is 79.9. The summed E-state index contributed by atoms with van der Waals surface area (Å²) < 4.78 is 5.59. The van der Waals surface area contributed by atoms with Gasteiger partial charge in [-0.2, -0.15) is 0 Å². The van der Waals surface area contributed by atoms with Crippen molar-refractivity contribution in [2.24, 2.45) is 0 Å². The fourth-order valence-corrected chi connectivity index (χ4v) is 2.66. The predicted molar refractivity (Wildman–Crippen MR) is 72.9 cm³/mol. The first-order chi connectivity index (χ1) is 8.15. The van der Waals surface area contributed by atoms with Gasteiger partial charge in [0.25, 0.3) is 0 Å². The molecule has 0 spiro atoms. The number of carboxylic acid groups (broad SMARTS) is 1. The van der Waals surface area contributed by atoms with Gasteiger partial charge >= 0.3 is 5.97 Å². The zero-order chi connectivity index (χ0) is 12.7. The van der Waals surface area contributed by atoms with Gasteiger partial charge < -0.3 is 9.84 Å². The number of aromatic carboxylic acids is 1. The van der Waals surface area contributed by atoms with Gasteiger partial charge in [-0.15, -0.1) is 11.8 Å². The summed E-state index contributed by atoms with van der Waals surface area (Å²) in [5.74, 6) is 0.0723. The fraction of sp³-hybridized carbons (Fsp3) is 0.417. The van der Waals surface area contributed by atoms with Crippen molar-refractivity contribution in [2.75, 3.05) is 19.5 Å². The van der Waals surface area contributed by atoms with Crippen molar-refractivity contribution in [3.63, 3.8) is 0 Å². The fourth-order valence-electron chi connectivity index (χ4n) is 1.30. The quantitative estimate of drug-likeness (QED) is 0.615. The Labute approximate surface area is 114 Å². The molecule has 1 rings (SSSR count). The number of hydrogen-bond donors (Lipinski definition) is 1. The Hall–Kier alpha value is -0.520. The summed E-state index contributed by atoms with van der Waals surface area (Å²) in [6, 6.07) is 5.41. The first kappa shape index (κ1) is 14.5. The average molecular weight is 319 g/mol. The van der Waals surface area contributed by atoms with E-state index < -0.39 is 5.97 Å². The molecule has 17 heavy (non-hydrogen) atoms. The van der Waals surface area contributed by atoms with Crippen LogP contribution in [0.4, 0.5) is 0 Å². The Bertz CT molecular complexity index is 382. The second-order valence-electron chi connectivity index (χ2n) is 3.50. The number of rotatable bonds is 7. The molecule has 0 unspecified atom stereocenters. The van der Waals surface area contributed by atoms with Crippen LogP contribution in [0.25, 0.3) is 0 Å². The SMILES string of the molecule is COCCCCSc1ccc(Br)c(C(=O)O)c1. The van der Waals surface area contributed by atoms with Gasteiger partial charge in [0, 0.05) is 23.1 Å². The van der Waals surface area contributed by atoms with Crippen LogP contribution in [-0.4, -0.2) is 30.5 Å². The number of carbonyl (C=O) groups is 1. The Balaban J connectivity index is 2.49. The summed E-state index contributed by atoms with van der Waals surface area (Å²) in [7, 11) is 1.70. The third-order valence-electron chi connectivity index (χ3n) is 2.18. The Morgan fingerprint density at radius 3 is 2.88 bits per heavy atom. The first-order valence-electron chi connectivity index (χ1n) is 5.29. The second kappa shape index (κ2) is 7.74. The molecule has 0 atom stereocenters. The summed E-state index contributed by atoms with van der Waals surface area (Å²) in [6.07, 6.45) is 2.10. The third-order valence-corrected chi connectivity index (χ3v) is 3.95. The standard InChI is InChI=1S/C12H15BrO3S/c1-16-6-2-3-7-17-9-4-5-11(13)10(8-9)12(14)15/h4-5,8H,2-3,6-7H2,1H3,(H,14,15). The summed E-state index contributed by atoms with van der Waals surface area (Å²) in [6.45, 7) is 0.779. The molecular weight excluding hydrogens is 304 g/mol. The maximum absolute atomic E-state index is 10.9. The van der Waals surface area contributed by atoms with E-state index >= 15 is 0 Å². The van der Waals surface area contributed by atoms with E-state index in [9.17, 15) is 4.79 Å². The van der Waals surface area contributed by atoms with Crippen LogP contribution < -0.4 is 0 Å². The minimum Gasteiger partial charge on any atom is -0.478 e. The zero-order valence-corrected chi connectivity index (χ0v) is 12.0. The predicted octanol–water partition coefficient (Wildman–Crippen LogP) is 3.67. The van der Waals surface area contributed by atoms with Gasteiger partial charge in [0.15, 0.2) is 0 Å². The van der Waals surface area contributed by atoms with Gasteiger partial charge in [-0.25, -0.2) is 4.79 Å². The second-order valence-corrected chi connectivity index (χ2v) is 5.52. The van der Waals surface area contributed by atoms with Crippen LogP contribution >= 0.6 is 27.7 Å². The molecule has 0 aliphatic heterocycles. The van der Waals surface area contributed by atoms with Crippen LogP contribution in [-0.2, 0) is 4.74 Å². The molecule has 1 aromatic rings. The Kier molecular flexibility index (Phi) is 6.62. The highest BCUT2D eigenvalue weighted by molar-refractivity contribution is 9.10. The average Bonchev–Trinajstić information content (AvgIpc) is 2.30. The van der Waals surface area contributed by atoms with Gasteiger partial charge in [-0.05, 0) is 52.7 Å². The summed E-state index contributed by atoms with van der Waals surface area (Å²) in [5.41, 5.74) is 0.312. The highest BCUT2D eigenvalue weighted by Gasteiger charge is 2.08. The molecule has 5 heteroatoms. The smallest absolute Gasteiger partial charge is 0.336 e. The molecule has 3 nitrogen and oxygen atoms in total. The molecule has 0 heterocycles. The van der Waals surface area contributed by atoms with Gasteiger partial charge in [0.1, 0.15) is 0 Å². The van der Waals surface area contributed by atoms with Crippen LogP contribution in [0.3, 0.4) is 0 Å². The van der Waals surface area contributed by atoms with Crippen molar-refractivity contribution in [2.45, 2.75) is 17.7 Å². The first-order valence-corrected chi connectivity index (χ1v) is 7.07. The molecule has 0 saturated heterocycles. The van der Waals surface area contributed by atoms with Crippen LogP contribution in [0, 0.1) is 0 Å². The lowest BCUT2D eigenvalue weighted by Gasteiger charge is -2.04. The van der Waals surface area contributed by atoms with Crippen molar-refractivity contribution >= 4 is 33.7 Å². The van der Waals surface area contributed by atoms with Crippen LogP contribution in [0.1, 0.15) is 23.2 Å². The van der Waals surface area contributed by atoms with E-state index in [1.54, 1.807) is 31.0 Å². The zero-order valence-electron chi connectivity index (χ0n) is 9.61. The molecule has 0 bridgehead atoms. The lowest BCUT2D eigenvalue weighted by molar-refractivity contribution is 0.0695. The number of benzene rings is 1. The number of ether oxygens (including phenoxy) is 1. The Morgan fingerprint density at radius 2 is 2.24 bits per heavy atom. The highest BCUT2D eigenvalue weighted by Crippen LogP contribution is 2.25. The third kappa shape index (κ3) is 5.10. The van der Waals surface area contributed by atoms with E-state index in [0.717, 1.165) is 30.1 Å². The number of thioether (sulfide) groups is 1. The lowest BCUT2D eigenvalue weighted by atomic mass is 10.2. The molecule has 1 N–H and O–H groups in total. The van der Waals surface area contributed by atoms with Crippen molar-refractivity contribution in [1.82, 2.24) is 0 Å². The molecule has 0 aromatic heterocycles. The minimum absolute atomic E-state index is 0.312. The number of hydrogen-bond acceptors (Lipinski definition) is 3. The minimum atomic E-state index is -0.904. The molecule has 0 aliphatic rings. The molecule has 0 radical (unpaired) electrons. The van der Waals surface area contributed by atoms with Gasteiger partial charge in [0.05, 0.1) is 5.56 Å². The van der Waals surface area contributed by atoms with Gasteiger partial charge in [-0.3, -0.25) is 0 Å². The molecule has 0 saturated carbocycles. The molecular formula is C12H15BrO3S. The monoisotopic (exact) mass is 318 g/mol. The van der Waals surface area contributed by atoms with Gasteiger partial charge in [0.2, 0.25) is 0 Å². The summed E-state index contributed by atoms with van der Waals surface area (Å²) in [5, 5.41) is 8.98. The van der Waals surface area contributed by atoms with E-state index in [4.69, 9.17) is 9.84 Å². The largest absolute Gasteiger partial charge is 0.478 e. The van der Waals surface area contributed by atoms with Crippen molar-refractivity contribution in [3.05, 3.63) is 28.2 Å². The maximum atomic E-state index is 10.9. The summed E-state index contributed by atoms with van der Waals surface area (Å²) >= 11 is 4.90. The van der Waals surface area contributed by atoms with Crippen LogP contribution in [0.5, 0.6) is 0 Å². The van der Waals surface area contributed by atoms with Crippen LogP contribution in [0.2, 0.25) is 0 Å². The molecule has 0 amide bonds. The number of methoxy groups -OCH3 is 1. The van der Waals surface area contributed by atoms with E-state index in [-0.39, 0.29) is 0 Å². The van der Waals surface area contributed by atoms with Crippen molar-refractivity contribution < 1.29 is 14.6 Å². The lowest BCUT2D eigenvalue weighted by Crippen LogP contribution is -1.97. The van der Waals surface area contributed by atoms with E-state index in [2.05, 4.69) is 15.9 Å². The van der Waals surface area contributed by atoms with Crippen LogP contribution in [0.15, 0.2) is 27.6 Å². The summed E-state index contributed by atoms with van der Waals surface area (Å²) in [4.78, 5) is 11.9. The number of carboxylic acids is 1. The molecule has 94 valence electrons.